The summed E-state index contributed by atoms with van der Waals surface area (Å²) in [5.74, 6) is -1.19. The van der Waals surface area contributed by atoms with E-state index in [0.29, 0.717) is 0 Å². The largest absolute Gasteiger partial charge is 1.00 e. The van der Waals surface area contributed by atoms with E-state index in [1.54, 1.807) is 0 Å². The average Bonchev–Trinajstić information content (AvgIpc) is 1.38. The molecule has 0 fully saturated rings. The number of carboxylic acids is 1. The van der Waals surface area contributed by atoms with Gasteiger partial charge in [0.15, 0.2) is 0 Å². The predicted molar refractivity (Wildman–Crippen MR) is 15.8 cm³/mol. The quantitative estimate of drug-likeness (QED) is 0.374. The molecule has 0 aliphatic rings. The van der Waals surface area contributed by atoms with Gasteiger partial charge in [-0.3, -0.25) is 0 Å². The van der Waals surface area contributed by atoms with Gasteiger partial charge < -0.3 is 11.6 Å². The number of rotatable bonds is 1. The summed E-state index contributed by atoms with van der Waals surface area (Å²) in [6.45, 7) is -0.778. The van der Waals surface area contributed by atoms with Crippen LogP contribution in [0.25, 0.3) is 0 Å². The van der Waals surface area contributed by atoms with Crippen molar-refractivity contribution in [3.8, 4) is 0 Å². The number of carbonyl (C=O) groups is 1. The Morgan fingerprint density at radius 3 is 1.86 bits per heavy atom. The molecule has 0 aromatic carbocycles. The van der Waals surface area contributed by atoms with E-state index in [0.717, 1.165) is 0 Å². The first-order valence-corrected chi connectivity index (χ1v) is 1.10. The second kappa shape index (κ2) is 10.2. The van der Waals surface area contributed by atoms with Crippen LogP contribution in [0.4, 0.5) is 0 Å². The van der Waals surface area contributed by atoms with E-state index < -0.39 is 12.6 Å². The van der Waals surface area contributed by atoms with Crippen LogP contribution in [-0.4, -0.2) is 22.8 Å². The normalized spacial score (nSPS) is 5.29. The molecule has 0 unspecified atom stereocenters. The van der Waals surface area contributed by atoms with Crippen LogP contribution in [-0.2, 0) is 26.5 Å². The summed E-state index contributed by atoms with van der Waals surface area (Å²) in [7, 11) is 0. The van der Waals surface area contributed by atoms with E-state index in [2.05, 4.69) is 0 Å². The zero-order valence-corrected chi connectivity index (χ0v) is 7.57. The number of carboxylic acid groups (broad SMARTS) is 1. The number of hydrogen-bond acceptors (Lipinski definition) is 2. The molecule has 0 heterocycles. The second-order valence-electron chi connectivity index (χ2n) is 0.552. The van der Waals surface area contributed by atoms with Gasteiger partial charge in [-0.05, 0) is 0 Å². The van der Waals surface area contributed by atoms with Crippen LogP contribution in [0, 0.1) is 0 Å². The predicted octanol–water partition coefficient (Wildman–Crippen LogP) is -3.82. The Bertz CT molecular complexity index is 52.5. The maximum atomic E-state index is 9.12. The fourth-order valence-corrected chi connectivity index (χ4v) is 0. The van der Waals surface area contributed by atoms with Gasteiger partial charge in [-0.1, -0.05) is 0 Å². The van der Waals surface area contributed by atoms with E-state index in [1.165, 1.54) is 0 Å². The molecule has 0 aromatic rings. The van der Waals surface area contributed by atoms with Gasteiger partial charge in [-0.2, -0.15) is 0 Å². The number of aliphatic hydroxyl groups is 1. The molecule has 0 saturated carbocycles. The van der Waals surface area contributed by atoms with Gasteiger partial charge in [0.05, 0.1) is 0 Å². The Morgan fingerprint density at radius 1 is 1.71 bits per heavy atom. The van der Waals surface area contributed by atoms with Gasteiger partial charge in [0.2, 0.25) is 0 Å². The van der Waals surface area contributed by atoms with Crippen molar-refractivity contribution >= 4 is 5.97 Å². The number of aliphatic hydroxyl groups excluding tert-OH is 1. The Morgan fingerprint density at radius 2 is 1.86 bits per heavy atom. The summed E-state index contributed by atoms with van der Waals surface area (Å²) in [5, 5.41) is 15.0. The summed E-state index contributed by atoms with van der Waals surface area (Å²) < 4.78 is 0. The van der Waals surface area contributed by atoms with Gasteiger partial charge >= 0.3 is 35.5 Å². The summed E-state index contributed by atoms with van der Waals surface area (Å²) in [6.07, 6.45) is 0. The fourth-order valence-electron chi connectivity index (χ4n) is 0. The minimum Gasteiger partial charge on any atom is -1.00 e. The molecular formula is C2H5NaO3Ti. The molecule has 5 heteroatoms. The van der Waals surface area contributed by atoms with Crippen molar-refractivity contribution in [1.29, 1.82) is 0 Å². The van der Waals surface area contributed by atoms with Crippen LogP contribution in [0.5, 0.6) is 0 Å². The van der Waals surface area contributed by atoms with Crippen LogP contribution in [0.15, 0.2) is 0 Å². The molecule has 0 saturated heterocycles. The zero-order chi connectivity index (χ0) is 4.28. The molecule has 7 heavy (non-hydrogen) atoms. The van der Waals surface area contributed by atoms with Crippen molar-refractivity contribution < 1.29 is 67.7 Å². The molecule has 0 radical (unpaired) electrons. The summed E-state index contributed by atoms with van der Waals surface area (Å²) in [4.78, 5) is 9.12. The summed E-state index contributed by atoms with van der Waals surface area (Å²) in [5.41, 5.74) is 0. The third-order valence-corrected chi connectivity index (χ3v) is 0.135. The molecule has 3 nitrogen and oxygen atoms in total. The average molecular weight is 148 g/mol. The van der Waals surface area contributed by atoms with Crippen molar-refractivity contribution in [3.63, 3.8) is 0 Å². The minimum absolute atomic E-state index is 0. The molecular weight excluding hydrogens is 143 g/mol. The molecule has 0 aliphatic heterocycles. The van der Waals surface area contributed by atoms with Crippen LogP contribution in [0.2, 0.25) is 0 Å². The maximum Gasteiger partial charge on any atom is 1.00 e. The first-order chi connectivity index (χ1) is 2.27. The molecule has 0 atom stereocenters. The topological polar surface area (TPSA) is 57.5 Å². The van der Waals surface area contributed by atoms with E-state index in [4.69, 9.17) is 15.0 Å². The first kappa shape index (κ1) is 15.7. The zero-order valence-electron chi connectivity index (χ0n) is 5.01. The van der Waals surface area contributed by atoms with Gasteiger partial charge in [-0.15, -0.1) is 0 Å². The molecule has 36 valence electrons. The first-order valence-electron chi connectivity index (χ1n) is 1.10. The number of hydrogen-bond donors (Lipinski definition) is 2. The fraction of sp³-hybridized carbons (Fsp3) is 0.500. The summed E-state index contributed by atoms with van der Waals surface area (Å²) >= 11 is 0. The Hall–Kier alpha value is 1.14. The maximum absolute atomic E-state index is 9.12. The van der Waals surface area contributed by atoms with Crippen molar-refractivity contribution in [1.82, 2.24) is 0 Å². The van der Waals surface area contributed by atoms with Gasteiger partial charge in [-0.25, -0.2) is 4.79 Å². The second-order valence-corrected chi connectivity index (χ2v) is 0.552. The van der Waals surface area contributed by atoms with Crippen LogP contribution < -0.4 is 29.6 Å². The third-order valence-electron chi connectivity index (χ3n) is 0.135. The van der Waals surface area contributed by atoms with Crippen LogP contribution >= 0.6 is 0 Å². The van der Waals surface area contributed by atoms with E-state index in [9.17, 15) is 0 Å². The SMILES string of the molecule is O=C(O)CO.[H-].[Na+].[Ti]. The molecule has 0 bridgehead atoms. The van der Waals surface area contributed by atoms with Gasteiger partial charge in [0.1, 0.15) is 6.61 Å². The minimum atomic E-state index is -1.19. The molecule has 2 N–H and O–H groups in total. The monoisotopic (exact) mass is 148 g/mol. The molecule has 0 spiro atoms. The molecule has 0 aliphatic carbocycles. The summed E-state index contributed by atoms with van der Waals surface area (Å²) in [6, 6.07) is 0. The van der Waals surface area contributed by atoms with E-state index in [1.807, 2.05) is 0 Å². The third kappa shape index (κ3) is 19.1. The van der Waals surface area contributed by atoms with Crippen molar-refractivity contribution in [2.24, 2.45) is 0 Å². The standard InChI is InChI=1S/C2H4O3.Na.Ti.H/c3-1-2(4)5;;;/h3H,1H2,(H,4,5);;;/q;+1;;-1. The molecule has 0 aromatic heterocycles. The number of aliphatic carboxylic acids is 1. The molecule has 0 amide bonds. The van der Waals surface area contributed by atoms with Crippen molar-refractivity contribution in [2.75, 3.05) is 6.61 Å². The Balaban J connectivity index is -0.0000000267. The smallest absolute Gasteiger partial charge is 1.00 e. The van der Waals surface area contributed by atoms with Crippen LogP contribution in [0.3, 0.4) is 0 Å². The van der Waals surface area contributed by atoms with Gasteiger partial charge in [0, 0.05) is 21.7 Å². The van der Waals surface area contributed by atoms with E-state index >= 15 is 0 Å². The van der Waals surface area contributed by atoms with E-state index in [-0.39, 0.29) is 52.7 Å². The Labute approximate surface area is 79.8 Å². The van der Waals surface area contributed by atoms with Gasteiger partial charge in [0.25, 0.3) is 0 Å². The van der Waals surface area contributed by atoms with Crippen molar-refractivity contribution in [2.45, 2.75) is 0 Å². The van der Waals surface area contributed by atoms with Crippen molar-refractivity contribution in [3.05, 3.63) is 0 Å². The molecule has 0 rings (SSSR count). The Kier molecular flexibility index (Phi) is 22.9. The van der Waals surface area contributed by atoms with Crippen LogP contribution in [0.1, 0.15) is 1.43 Å².